The first-order valence-corrected chi connectivity index (χ1v) is 7.96. The molecule has 0 unspecified atom stereocenters. The van der Waals surface area contributed by atoms with E-state index in [0.29, 0.717) is 0 Å². The number of methoxy groups -OCH3 is 1. The zero-order chi connectivity index (χ0) is 17.0. The van der Waals surface area contributed by atoms with Gasteiger partial charge in [0.15, 0.2) is 0 Å². The highest BCUT2D eigenvalue weighted by Crippen LogP contribution is 2.37. The highest BCUT2D eigenvalue weighted by molar-refractivity contribution is 5.40. The van der Waals surface area contributed by atoms with Crippen molar-refractivity contribution in [2.45, 2.75) is 19.4 Å². The lowest BCUT2D eigenvalue weighted by Crippen LogP contribution is -2.40. The molecule has 0 spiro atoms. The van der Waals surface area contributed by atoms with Crippen molar-refractivity contribution < 1.29 is 9.84 Å². The van der Waals surface area contributed by atoms with Gasteiger partial charge in [-0.15, -0.1) is 0 Å². The maximum atomic E-state index is 11.7. The van der Waals surface area contributed by atoms with Gasteiger partial charge in [0.2, 0.25) is 0 Å². The molecule has 0 aliphatic rings. The fourth-order valence-corrected chi connectivity index (χ4v) is 3.07. The molecule has 0 aromatic heterocycles. The molecule has 0 heterocycles. The molecule has 3 nitrogen and oxygen atoms in total. The van der Waals surface area contributed by atoms with Crippen LogP contribution < -0.4 is 4.74 Å². The lowest BCUT2D eigenvalue weighted by molar-refractivity contribution is 0.0134. The Hall–Kier alpha value is -1.84. The molecule has 0 aliphatic carbocycles. The molecule has 3 heteroatoms. The quantitative estimate of drug-likeness (QED) is 0.887. The van der Waals surface area contributed by atoms with E-state index < -0.39 is 5.60 Å². The van der Waals surface area contributed by atoms with Crippen molar-refractivity contribution in [2.75, 3.05) is 27.7 Å². The normalized spacial score (nSPS) is 15.3. The monoisotopic (exact) mass is 313 g/mol. The summed E-state index contributed by atoms with van der Waals surface area (Å²) >= 11 is 0. The minimum atomic E-state index is -1.04. The topological polar surface area (TPSA) is 32.7 Å². The van der Waals surface area contributed by atoms with E-state index in [1.54, 1.807) is 7.11 Å². The maximum absolute atomic E-state index is 11.7. The molecule has 0 aliphatic heterocycles. The molecule has 0 amide bonds. The van der Waals surface area contributed by atoms with Gasteiger partial charge in [-0.3, -0.25) is 0 Å². The van der Waals surface area contributed by atoms with Crippen LogP contribution in [0.2, 0.25) is 0 Å². The number of rotatable bonds is 6. The van der Waals surface area contributed by atoms with Crippen molar-refractivity contribution in [3.63, 3.8) is 0 Å². The van der Waals surface area contributed by atoms with E-state index >= 15 is 0 Å². The Morgan fingerprint density at radius 1 is 1.00 bits per heavy atom. The smallest absolute Gasteiger partial charge is 0.118 e. The Balaban J connectivity index is 2.50. The van der Waals surface area contributed by atoms with Crippen LogP contribution in [0.4, 0.5) is 0 Å². The largest absolute Gasteiger partial charge is 0.497 e. The van der Waals surface area contributed by atoms with Crippen LogP contribution in [0.3, 0.4) is 0 Å². The number of aryl methyl sites for hydroxylation is 1. The fraction of sp³-hybridized carbons (Fsp3) is 0.400. The highest BCUT2D eigenvalue weighted by Gasteiger charge is 2.37. The zero-order valence-corrected chi connectivity index (χ0v) is 14.7. The van der Waals surface area contributed by atoms with Crippen LogP contribution in [-0.2, 0) is 5.60 Å². The lowest BCUT2D eigenvalue weighted by atomic mass is 9.76. The molecule has 1 N–H and O–H groups in total. The second kappa shape index (κ2) is 7.16. The van der Waals surface area contributed by atoms with Gasteiger partial charge in [0.05, 0.1) is 7.11 Å². The van der Waals surface area contributed by atoms with Crippen molar-refractivity contribution in [3.8, 4) is 5.75 Å². The van der Waals surface area contributed by atoms with Crippen LogP contribution in [0.1, 0.15) is 23.6 Å². The Morgan fingerprint density at radius 3 is 1.91 bits per heavy atom. The summed E-state index contributed by atoms with van der Waals surface area (Å²) in [6.07, 6.45) is 0. The van der Waals surface area contributed by atoms with Gasteiger partial charge in [0.25, 0.3) is 0 Å². The van der Waals surface area contributed by atoms with Gasteiger partial charge in [0.1, 0.15) is 11.4 Å². The average Bonchev–Trinajstić information content (AvgIpc) is 2.54. The number of nitrogens with zero attached hydrogens (tertiary/aromatic N) is 1. The summed E-state index contributed by atoms with van der Waals surface area (Å²) in [5.41, 5.74) is 1.95. The van der Waals surface area contributed by atoms with Gasteiger partial charge in [-0.2, -0.15) is 0 Å². The standard InChI is InChI=1S/C20H27NO2/c1-15-6-8-17(9-7-15)20(22,16(2)14-21(3)4)18-10-12-19(23-5)13-11-18/h6-13,16,22H,14H2,1-5H3/t16-,20+/m1/s1. The van der Waals surface area contributed by atoms with Crippen molar-refractivity contribution in [1.29, 1.82) is 0 Å². The van der Waals surface area contributed by atoms with Crippen molar-refractivity contribution in [3.05, 3.63) is 65.2 Å². The minimum Gasteiger partial charge on any atom is -0.497 e. The predicted octanol–water partition coefficient (Wildman–Crippen LogP) is 3.44. The van der Waals surface area contributed by atoms with E-state index in [-0.39, 0.29) is 5.92 Å². The number of aliphatic hydroxyl groups is 1. The van der Waals surface area contributed by atoms with E-state index in [4.69, 9.17) is 4.74 Å². The number of hydrogen-bond donors (Lipinski definition) is 1. The Morgan fingerprint density at radius 2 is 1.48 bits per heavy atom. The Kier molecular flexibility index (Phi) is 5.45. The van der Waals surface area contributed by atoms with Crippen molar-refractivity contribution in [1.82, 2.24) is 4.90 Å². The summed E-state index contributed by atoms with van der Waals surface area (Å²) in [5.74, 6) is 0.828. The van der Waals surface area contributed by atoms with Gasteiger partial charge < -0.3 is 14.7 Å². The molecule has 0 saturated carbocycles. The molecule has 0 bridgehead atoms. The third-order valence-electron chi connectivity index (χ3n) is 4.37. The third-order valence-corrected chi connectivity index (χ3v) is 4.37. The summed E-state index contributed by atoms with van der Waals surface area (Å²) < 4.78 is 5.24. The predicted molar refractivity (Wildman–Crippen MR) is 94.9 cm³/mol. The van der Waals surface area contributed by atoms with Crippen LogP contribution >= 0.6 is 0 Å². The van der Waals surface area contributed by atoms with Crippen LogP contribution in [0.5, 0.6) is 5.75 Å². The molecule has 2 atom stereocenters. The summed E-state index contributed by atoms with van der Waals surface area (Å²) in [4.78, 5) is 2.10. The zero-order valence-electron chi connectivity index (χ0n) is 14.7. The Bertz CT molecular complexity index is 619. The van der Waals surface area contributed by atoms with Crippen LogP contribution in [0, 0.1) is 12.8 Å². The Labute approximate surface area is 139 Å². The van der Waals surface area contributed by atoms with E-state index in [1.165, 1.54) is 5.56 Å². The second-order valence-corrected chi connectivity index (χ2v) is 6.52. The van der Waals surface area contributed by atoms with Crippen molar-refractivity contribution in [2.24, 2.45) is 5.92 Å². The number of benzene rings is 2. The summed E-state index contributed by atoms with van der Waals surface area (Å²) in [6, 6.07) is 15.8. The average molecular weight is 313 g/mol. The summed E-state index contributed by atoms with van der Waals surface area (Å²) in [5, 5.41) is 11.7. The number of hydrogen-bond acceptors (Lipinski definition) is 3. The second-order valence-electron chi connectivity index (χ2n) is 6.52. The first-order chi connectivity index (χ1) is 10.9. The van der Waals surface area contributed by atoms with Gasteiger partial charge in [0, 0.05) is 12.5 Å². The SMILES string of the molecule is COc1ccc([C@@](O)(c2ccc(C)cc2)[C@H](C)CN(C)C)cc1. The van der Waals surface area contributed by atoms with E-state index in [2.05, 4.69) is 18.7 Å². The summed E-state index contributed by atoms with van der Waals surface area (Å²) in [6.45, 7) is 4.93. The third kappa shape index (κ3) is 3.74. The first kappa shape index (κ1) is 17.5. The van der Waals surface area contributed by atoms with Crippen LogP contribution in [-0.4, -0.2) is 37.8 Å². The molecule has 2 aromatic rings. The minimum absolute atomic E-state index is 0.0357. The van der Waals surface area contributed by atoms with Crippen LogP contribution in [0.25, 0.3) is 0 Å². The van der Waals surface area contributed by atoms with Crippen LogP contribution in [0.15, 0.2) is 48.5 Å². The molecular weight excluding hydrogens is 286 g/mol. The van der Waals surface area contributed by atoms with Crippen molar-refractivity contribution >= 4 is 0 Å². The molecule has 0 fully saturated rings. The molecule has 0 saturated heterocycles. The van der Waals surface area contributed by atoms with Gasteiger partial charge >= 0.3 is 0 Å². The molecule has 2 aromatic carbocycles. The fourth-order valence-electron chi connectivity index (χ4n) is 3.07. The number of ether oxygens (including phenoxy) is 1. The van der Waals surface area contributed by atoms with E-state index in [1.807, 2.05) is 62.6 Å². The lowest BCUT2D eigenvalue weighted by Gasteiger charge is -2.37. The maximum Gasteiger partial charge on any atom is 0.118 e. The highest BCUT2D eigenvalue weighted by atomic mass is 16.5. The first-order valence-electron chi connectivity index (χ1n) is 7.96. The molecule has 124 valence electrons. The van der Waals surface area contributed by atoms with E-state index in [0.717, 1.165) is 23.4 Å². The molecule has 0 radical (unpaired) electrons. The summed E-state index contributed by atoms with van der Waals surface area (Å²) in [7, 11) is 5.70. The van der Waals surface area contributed by atoms with Gasteiger partial charge in [-0.25, -0.2) is 0 Å². The van der Waals surface area contributed by atoms with Gasteiger partial charge in [-0.1, -0.05) is 48.9 Å². The molecule has 2 rings (SSSR count). The van der Waals surface area contributed by atoms with E-state index in [9.17, 15) is 5.11 Å². The molecular formula is C20H27NO2. The molecule has 23 heavy (non-hydrogen) atoms. The van der Waals surface area contributed by atoms with Gasteiger partial charge in [-0.05, 0) is 44.3 Å².